The lowest BCUT2D eigenvalue weighted by Crippen LogP contribution is -2.41. The third-order valence-electron chi connectivity index (χ3n) is 4.08. The van der Waals surface area contributed by atoms with Crippen molar-refractivity contribution < 1.29 is 4.79 Å². The molecule has 0 spiro atoms. The molecule has 1 atom stereocenters. The van der Waals surface area contributed by atoms with Crippen molar-refractivity contribution in [3.63, 3.8) is 0 Å². The maximum absolute atomic E-state index is 12.1. The zero-order valence-corrected chi connectivity index (χ0v) is 10.6. The van der Waals surface area contributed by atoms with Gasteiger partial charge in [-0.05, 0) is 43.2 Å². The molecule has 0 radical (unpaired) electrons. The average Bonchev–Trinajstić information content (AvgIpc) is 3.24. The molecule has 0 heterocycles. The third kappa shape index (κ3) is 2.03. The molecule has 3 heteroatoms. The molecule has 3 rings (SSSR count). The van der Waals surface area contributed by atoms with Gasteiger partial charge in [0, 0.05) is 6.04 Å². The Bertz CT molecular complexity index is 454. The highest BCUT2D eigenvalue weighted by atomic mass is 16.2. The van der Waals surface area contributed by atoms with Crippen molar-refractivity contribution in [3.8, 4) is 0 Å². The Hall–Kier alpha value is -1.35. The highest BCUT2D eigenvalue weighted by molar-refractivity contribution is 5.79. The van der Waals surface area contributed by atoms with Crippen LogP contribution in [0.25, 0.3) is 0 Å². The lowest BCUT2D eigenvalue weighted by molar-refractivity contribution is -0.133. The molecule has 0 aromatic heterocycles. The number of hydrogen-bond acceptors (Lipinski definition) is 2. The van der Waals surface area contributed by atoms with E-state index in [9.17, 15) is 4.79 Å². The highest BCUT2D eigenvalue weighted by Gasteiger charge is 2.38. The lowest BCUT2D eigenvalue weighted by atomic mass is 9.86. The van der Waals surface area contributed by atoms with Gasteiger partial charge in [0.1, 0.15) is 0 Å². The van der Waals surface area contributed by atoms with E-state index in [1.165, 1.54) is 17.5 Å². The van der Waals surface area contributed by atoms with E-state index in [4.69, 9.17) is 5.73 Å². The number of aryl methyl sites for hydroxylation is 1. The maximum Gasteiger partial charge on any atom is 0.237 e. The summed E-state index contributed by atoms with van der Waals surface area (Å²) >= 11 is 0. The molecule has 0 aliphatic heterocycles. The number of nitrogens with zero attached hydrogens (tertiary/aromatic N) is 1. The Morgan fingerprint density at radius 3 is 2.78 bits per heavy atom. The van der Waals surface area contributed by atoms with Crippen LogP contribution in [0.5, 0.6) is 0 Å². The number of hydrogen-bond donors (Lipinski definition) is 1. The van der Waals surface area contributed by atoms with Crippen LogP contribution in [0, 0.1) is 0 Å². The van der Waals surface area contributed by atoms with E-state index in [0.717, 1.165) is 25.7 Å². The normalized spacial score (nSPS) is 22.4. The summed E-state index contributed by atoms with van der Waals surface area (Å²) in [4.78, 5) is 14.2. The first-order chi connectivity index (χ1) is 8.81. The van der Waals surface area contributed by atoms with E-state index in [0.29, 0.717) is 6.04 Å². The molecular formula is C15H20N2O. The Kier molecular flexibility index (Phi) is 3.08. The van der Waals surface area contributed by atoms with Gasteiger partial charge >= 0.3 is 0 Å². The lowest BCUT2D eigenvalue weighted by Gasteiger charge is -2.36. The minimum absolute atomic E-state index is 0.110. The molecule has 0 bridgehead atoms. The van der Waals surface area contributed by atoms with Gasteiger partial charge in [-0.15, -0.1) is 0 Å². The molecule has 1 aromatic rings. The number of nitrogens with two attached hydrogens (primary N) is 1. The molecular weight excluding hydrogens is 224 g/mol. The van der Waals surface area contributed by atoms with Crippen LogP contribution in [0.2, 0.25) is 0 Å². The predicted octanol–water partition coefficient (Wildman–Crippen LogP) is 2.01. The summed E-state index contributed by atoms with van der Waals surface area (Å²) in [6.45, 7) is 0.134. The standard InChI is InChI=1S/C15H20N2O/c16-10-15(18)17(12-8-9-12)14-7-3-5-11-4-1-2-6-13(11)14/h1-2,4,6,12,14H,3,5,7-10,16H2. The molecule has 96 valence electrons. The highest BCUT2D eigenvalue weighted by Crippen LogP contribution is 2.40. The van der Waals surface area contributed by atoms with Crippen molar-refractivity contribution in [3.05, 3.63) is 35.4 Å². The number of benzene rings is 1. The van der Waals surface area contributed by atoms with Crippen LogP contribution >= 0.6 is 0 Å². The SMILES string of the molecule is NCC(=O)N(C1CC1)C1CCCc2ccccc21. The number of rotatable bonds is 3. The van der Waals surface area contributed by atoms with Gasteiger partial charge < -0.3 is 10.6 Å². The van der Waals surface area contributed by atoms with Gasteiger partial charge in [-0.25, -0.2) is 0 Å². The zero-order chi connectivity index (χ0) is 12.5. The fourth-order valence-corrected chi connectivity index (χ4v) is 3.11. The van der Waals surface area contributed by atoms with Gasteiger partial charge in [0.15, 0.2) is 0 Å². The van der Waals surface area contributed by atoms with E-state index < -0.39 is 0 Å². The largest absolute Gasteiger partial charge is 0.332 e. The van der Waals surface area contributed by atoms with Gasteiger partial charge in [0.2, 0.25) is 5.91 Å². The smallest absolute Gasteiger partial charge is 0.237 e. The van der Waals surface area contributed by atoms with Crippen LogP contribution in [0.3, 0.4) is 0 Å². The summed E-state index contributed by atoms with van der Waals surface area (Å²) in [5.41, 5.74) is 8.33. The summed E-state index contributed by atoms with van der Waals surface area (Å²) in [6, 6.07) is 9.25. The van der Waals surface area contributed by atoms with Crippen molar-refractivity contribution in [2.75, 3.05) is 6.54 Å². The van der Waals surface area contributed by atoms with E-state index in [2.05, 4.69) is 29.2 Å². The van der Waals surface area contributed by atoms with Crippen LogP contribution < -0.4 is 5.73 Å². The molecule has 2 aliphatic rings. The van der Waals surface area contributed by atoms with Crippen molar-refractivity contribution in [2.45, 2.75) is 44.2 Å². The van der Waals surface area contributed by atoms with Crippen LogP contribution in [0.4, 0.5) is 0 Å². The Labute approximate surface area is 108 Å². The molecule has 1 saturated carbocycles. The van der Waals surface area contributed by atoms with E-state index in [1.807, 2.05) is 0 Å². The van der Waals surface area contributed by atoms with Gasteiger partial charge in [0.25, 0.3) is 0 Å². The van der Waals surface area contributed by atoms with Gasteiger partial charge in [-0.2, -0.15) is 0 Å². The summed E-state index contributed by atoms with van der Waals surface area (Å²) in [5, 5.41) is 0. The second kappa shape index (κ2) is 4.73. The minimum Gasteiger partial charge on any atom is -0.332 e. The molecule has 1 aromatic carbocycles. The van der Waals surface area contributed by atoms with E-state index in [-0.39, 0.29) is 18.5 Å². The van der Waals surface area contributed by atoms with Crippen molar-refractivity contribution in [1.82, 2.24) is 4.90 Å². The second-order valence-electron chi connectivity index (χ2n) is 5.34. The molecule has 1 fully saturated rings. The van der Waals surface area contributed by atoms with Crippen LogP contribution in [-0.2, 0) is 11.2 Å². The van der Waals surface area contributed by atoms with Gasteiger partial charge in [0.05, 0.1) is 12.6 Å². The Balaban J connectivity index is 1.93. The van der Waals surface area contributed by atoms with Crippen molar-refractivity contribution in [2.24, 2.45) is 5.73 Å². The second-order valence-corrected chi connectivity index (χ2v) is 5.34. The number of carbonyl (C=O) groups excluding carboxylic acids is 1. The first kappa shape index (κ1) is 11.7. The topological polar surface area (TPSA) is 46.3 Å². The average molecular weight is 244 g/mol. The molecule has 2 N–H and O–H groups in total. The molecule has 18 heavy (non-hydrogen) atoms. The molecule has 1 unspecified atom stereocenters. The predicted molar refractivity (Wildman–Crippen MR) is 71.0 cm³/mol. The van der Waals surface area contributed by atoms with E-state index >= 15 is 0 Å². The monoisotopic (exact) mass is 244 g/mol. The Morgan fingerprint density at radius 2 is 2.06 bits per heavy atom. The number of amides is 1. The fourth-order valence-electron chi connectivity index (χ4n) is 3.11. The minimum atomic E-state index is 0.110. The van der Waals surface area contributed by atoms with Crippen molar-refractivity contribution in [1.29, 1.82) is 0 Å². The molecule has 0 saturated heterocycles. The first-order valence-electron chi connectivity index (χ1n) is 6.90. The molecule has 3 nitrogen and oxygen atoms in total. The summed E-state index contributed by atoms with van der Waals surface area (Å²) in [6.07, 6.45) is 5.68. The fraction of sp³-hybridized carbons (Fsp3) is 0.533. The van der Waals surface area contributed by atoms with Gasteiger partial charge in [-0.1, -0.05) is 24.3 Å². The van der Waals surface area contributed by atoms with Crippen LogP contribution in [0.15, 0.2) is 24.3 Å². The summed E-state index contributed by atoms with van der Waals surface area (Å²) in [5.74, 6) is 0.110. The quantitative estimate of drug-likeness (QED) is 0.884. The zero-order valence-electron chi connectivity index (χ0n) is 10.6. The van der Waals surface area contributed by atoms with Crippen molar-refractivity contribution >= 4 is 5.91 Å². The summed E-state index contributed by atoms with van der Waals surface area (Å²) in [7, 11) is 0. The van der Waals surface area contributed by atoms with Gasteiger partial charge in [-0.3, -0.25) is 4.79 Å². The number of carbonyl (C=O) groups is 1. The number of fused-ring (bicyclic) bond motifs is 1. The summed E-state index contributed by atoms with van der Waals surface area (Å²) < 4.78 is 0. The Morgan fingerprint density at radius 1 is 1.28 bits per heavy atom. The van der Waals surface area contributed by atoms with Crippen LogP contribution in [0.1, 0.15) is 42.9 Å². The van der Waals surface area contributed by atoms with E-state index in [1.54, 1.807) is 0 Å². The molecule has 2 aliphatic carbocycles. The molecule has 1 amide bonds. The van der Waals surface area contributed by atoms with Crippen LogP contribution in [-0.4, -0.2) is 23.4 Å². The first-order valence-corrected chi connectivity index (χ1v) is 6.90. The third-order valence-corrected chi connectivity index (χ3v) is 4.08. The maximum atomic E-state index is 12.1.